The summed E-state index contributed by atoms with van der Waals surface area (Å²) in [5, 5.41) is 10.0. The Bertz CT molecular complexity index is 4730. The van der Waals surface area contributed by atoms with Crippen molar-refractivity contribution in [3.8, 4) is 61.3 Å². The van der Waals surface area contributed by atoms with Crippen molar-refractivity contribution in [1.82, 2.24) is 4.57 Å². The molecular weight excluding hydrogens is 949 g/mol. The third-order valence-electron chi connectivity index (χ3n) is 15.6. The molecule has 2 nitrogen and oxygen atoms in total. The maximum absolute atomic E-state index is 2.47. The minimum Gasteiger partial charge on any atom is -0.310 e. The van der Waals surface area contributed by atoms with Crippen LogP contribution in [-0.2, 0) is 0 Å². The summed E-state index contributed by atoms with van der Waals surface area (Å²) in [4.78, 5) is 2.47. The number of hydrogen-bond acceptors (Lipinski definition) is 2. The zero-order valence-electron chi connectivity index (χ0n) is 42.0. The van der Waals surface area contributed by atoms with Crippen LogP contribution in [0.25, 0.3) is 125 Å². The van der Waals surface area contributed by atoms with Crippen LogP contribution in [0.5, 0.6) is 0 Å². The van der Waals surface area contributed by atoms with Crippen molar-refractivity contribution in [1.29, 1.82) is 0 Å². The highest BCUT2D eigenvalue weighted by Gasteiger charge is 2.23. The second kappa shape index (κ2) is 18.5. The van der Waals surface area contributed by atoms with Gasteiger partial charge >= 0.3 is 0 Å². The van der Waals surface area contributed by atoms with Crippen molar-refractivity contribution >= 4 is 91.9 Å². The van der Waals surface area contributed by atoms with Crippen LogP contribution in [0.3, 0.4) is 0 Å². The summed E-state index contributed by atoms with van der Waals surface area (Å²) in [6, 6.07) is 107. The van der Waals surface area contributed by atoms with Gasteiger partial charge in [0.1, 0.15) is 0 Å². The molecule has 2 heterocycles. The molecule has 0 radical (unpaired) electrons. The fourth-order valence-electron chi connectivity index (χ4n) is 12.1. The lowest BCUT2D eigenvalue weighted by Crippen LogP contribution is -2.10. The van der Waals surface area contributed by atoms with E-state index in [1.807, 2.05) is 11.3 Å². The maximum Gasteiger partial charge on any atom is 0.0555 e. The number of thiophene rings is 1. The summed E-state index contributed by atoms with van der Waals surface area (Å²) in [5.74, 6) is 0. The number of nitrogens with zero attached hydrogens (tertiary/aromatic N) is 2. The number of benzene rings is 13. The Morgan fingerprint density at radius 1 is 0.286 bits per heavy atom. The van der Waals surface area contributed by atoms with Crippen LogP contribution in [0.2, 0.25) is 0 Å². The van der Waals surface area contributed by atoms with Crippen molar-refractivity contribution in [2.75, 3.05) is 4.90 Å². The summed E-state index contributed by atoms with van der Waals surface area (Å²) < 4.78 is 4.95. The molecule has 13 aromatic carbocycles. The molecule has 0 aliphatic rings. The van der Waals surface area contributed by atoms with Gasteiger partial charge in [-0.05, 0) is 138 Å². The molecule has 0 amide bonds. The van der Waals surface area contributed by atoms with Gasteiger partial charge in [0.15, 0.2) is 0 Å². The van der Waals surface area contributed by atoms with Crippen LogP contribution >= 0.6 is 11.3 Å². The zero-order chi connectivity index (χ0) is 50.8. The van der Waals surface area contributed by atoms with Crippen LogP contribution in [0.1, 0.15) is 0 Å². The highest BCUT2D eigenvalue weighted by atomic mass is 32.1. The molecule has 0 fully saturated rings. The van der Waals surface area contributed by atoms with Crippen LogP contribution in [0.4, 0.5) is 17.1 Å². The van der Waals surface area contributed by atoms with E-state index in [-0.39, 0.29) is 0 Å². The number of anilines is 3. The molecule has 360 valence electrons. The van der Waals surface area contributed by atoms with Gasteiger partial charge in [0.2, 0.25) is 0 Å². The number of rotatable bonds is 9. The molecule has 0 aliphatic heterocycles. The summed E-state index contributed by atoms with van der Waals surface area (Å²) in [6.45, 7) is 0. The fourth-order valence-corrected chi connectivity index (χ4v) is 13.4. The van der Waals surface area contributed by atoms with E-state index in [0.29, 0.717) is 0 Å². The Labute approximate surface area is 451 Å². The van der Waals surface area contributed by atoms with Gasteiger partial charge < -0.3 is 9.47 Å². The van der Waals surface area contributed by atoms with E-state index in [1.54, 1.807) is 0 Å². The summed E-state index contributed by atoms with van der Waals surface area (Å²) >= 11 is 1.89. The second-order valence-electron chi connectivity index (χ2n) is 19.9. The number of fused-ring (bicyclic) bond motifs is 8. The molecule has 0 N–H and O–H groups in total. The van der Waals surface area contributed by atoms with E-state index >= 15 is 0 Å². The van der Waals surface area contributed by atoms with Gasteiger partial charge in [0.05, 0.1) is 16.7 Å². The predicted octanol–water partition coefficient (Wildman–Crippen LogP) is 21.3. The standard InChI is InChI=1S/C74H48N2S/c1-2-24-55(25-3-1)76-68-35-12-10-30-66(68)72-64(34-17-36-69(72)76)62-29-9-8-28-60(62)52-40-44-57(45-41-52)75(56-42-38-49(39-43-56)53-22-14-23-54(48-53)61-32-15-20-50-18-4-6-26-58(50)61)70-47-46-65(63-33-16-21-51-19-5-7-27-59(51)63)74-73(70)67-31-11-13-37-71(67)77-74/h1-48H. The van der Waals surface area contributed by atoms with Gasteiger partial charge in [-0.3, -0.25) is 0 Å². The number of aromatic nitrogens is 1. The number of hydrogen-bond donors (Lipinski definition) is 0. The average Bonchev–Trinajstić information content (AvgIpc) is 4.14. The van der Waals surface area contributed by atoms with Crippen LogP contribution in [0, 0.1) is 0 Å². The summed E-state index contributed by atoms with van der Waals surface area (Å²) in [7, 11) is 0. The van der Waals surface area contributed by atoms with Gasteiger partial charge in [-0.25, -0.2) is 0 Å². The quantitative estimate of drug-likeness (QED) is 0.140. The zero-order valence-corrected chi connectivity index (χ0v) is 42.8. The Morgan fingerprint density at radius 2 is 0.818 bits per heavy atom. The predicted molar refractivity (Wildman–Crippen MR) is 331 cm³/mol. The Hall–Kier alpha value is -9.80. The Balaban J connectivity index is 0.886. The lowest BCUT2D eigenvalue weighted by molar-refractivity contribution is 1.18. The minimum absolute atomic E-state index is 1.08. The number of para-hydroxylation sites is 2. The van der Waals surface area contributed by atoms with Crippen molar-refractivity contribution in [2.24, 2.45) is 0 Å². The molecule has 15 aromatic rings. The highest BCUT2D eigenvalue weighted by molar-refractivity contribution is 7.26. The van der Waals surface area contributed by atoms with Crippen LogP contribution in [0.15, 0.2) is 291 Å². The largest absolute Gasteiger partial charge is 0.310 e. The first-order valence-electron chi connectivity index (χ1n) is 26.4. The van der Waals surface area contributed by atoms with Crippen LogP contribution < -0.4 is 4.90 Å². The average molecular weight is 997 g/mol. The van der Waals surface area contributed by atoms with Gasteiger partial charge in [0, 0.05) is 53.6 Å². The van der Waals surface area contributed by atoms with Gasteiger partial charge in [0.25, 0.3) is 0 Å². The highest BCUT2D eigenvalue weighted by Crippen LogP contribution is 2.50. The first-order chi connectivity index (χ1) is 38.2. The first kappa shape index (κ1) is 44.7. The Morgan fingerprint density at radius 3 is 1.58 bits per heavy atom. The van der Waals surface area contributed by atoms with Crippen molar-refractivity contribution in [3.05, 3.63) is 291 Å². The van der Waals surface area contributed by atoms with E-state index in [1.165, 1.54) is 114 Å². The second-order valence-corrected chi connectivity index (χ2v) is 21.0. The molecule has 0 unspecified atom stereocenters. The maximum atomic E-state index is 2.47. The van der Waals surface area contributed by atoms with Crippen molar-refractivity contribution in [2.45, 2.75) is 0 Å². The third kappa shape index (κ3) is 7.54. The molecule has 0 spiro atoms. The molecule has 77 heavy (non-hydrogen) atoms. The molecule has 0 saturated carbocycles. The lowest BCUT2D eigenvalue weighted by Gasteiger charge is -2.27. The van der Waals surface area contributed by atoms with E-state index in [2.05, 4.69) is 301 Å². The first-order valence-corrected chi connectivity index (χ1v) is 27.2. The molecule has 2 aromatic heterocycles. The Kier molecular flexibility index (Phi) is 10.8. The summed E-state index contributed by atoms with van der Waals surface area (Å²) in [5.41, 5.74) is 18.9. The topological polar surface area (TPSA) is 8.17 Å². The minimum atomic E-state index is 1.08. The van der Waals surface area contributed by atoms with E-state index in [9.17, 15) is 0 Å². The molecule has 3 heteroatoms. The monoisotopic (exact) mass is 996 g/mol. The smallest absolute Gasteiger partial charge is 0.0555 e. The molecule has 15 rings (SSSR count). The van der Waals surface area contributed by atoms with Gasteiger partial charge in [-0.1, -0.05) is 224 Å². The van der Waals surface area contributed by atoms with E-state index < -0.39 is 0 Å². The normalized spacial score (nSPS) is 11.6. The van der Waals surface area contributed by atoms with Gasteiger partial charge in [-0.2, -0.15) is 0 Å². The summed E-state index contributed by atoms with van der Waals surface area (Å²) in [6.07, 6.45) is 0. The van der Waals surface area contributed by atoms with Crippen molar-refractivity contribution in [3.63, 3.8) is 0 Å². The SMILES string of the molecule is c1ccc(-n2c3ccccc3c3c(-c4ccccc4-c4ccc(N(c5ccc(-c6cccc(-c7cccc8ccccc78)c6)cc5)c5ccc(-c6cccc7ccccc67)c6sc7ccccc7c56)cc4)cccc32)cc1. The lowest BCUT2D eigenvalue weighted by atomic mass is 9.91. The fraction of sp³-hybridized carbons (Fsp3) is 0. The van der Waals surface area contributed by atoms with Crippen molar-refractivity contribution < 1.29 is 0 Å². The van der Waals surface area contributed by atoms with Gasteiger partial charge in [-0.15, -0.1) is 11.3 Å². The molecule has 0 aliphatic carbocycles. The molecular formula is C74H48N2S. The molecule has 0 saturated heterocycles. The third-order valence-corrected chi connectivity index (χ3v) is 16.8. The van der Waals surface area contributed by atoms with E-state index in [4.69, 9.17) is 0 Å². The van der Waals surface area contributed by atoms with Crippen LogP contribution in [-0.4, -0.2) is 4.57 Å². The molecule has 0 bridgehead atoms. The van der Waals surface area contributed by atoms with E-state index in [0.717, 1.165) is 28.3 Å². The molecule has 0 atom stereocenters.